The normalized spacial score (nSPS) is 25.8. The first kappa shape index (κ1) is 14.9. The Kier molecular flexibility index (Phi) is 5.83. The molecule has 0 radical (unpaired) electrons. The van der Waals surface area contributed by atoms with Crippen LogP contribution < -0.4 is 5.73 Å². The van der Waals surface area contributed by atoms with E-state index in [2.05, 4.69) is 13.8 Å². The van der Waals surface area contributed by atoms with Gasteiger partial charge in [-0.05, 0) is 32.1 Å². The average molecular weight is 259 g/mol. The lowest BCUT2D eigenvalue weighted by atomic mass is 9.89. The van der Waals surface area contributed by atoms with Gasteiger partial charge in [-0.25, -0.2) is 0 Å². The molecule has 100 valence electrons. The van der Waals surface area contributed by atoms with Gasteiger partial charge >= 0.3 is 0 Å². The maximum Gasteiger partial charge on any atom is 0.0785 e. The molecule has 1 aliphatic rings. The molecule has 1 fully saturated rings. The second-order valence-electron chi connectivity index (χ2n) is 5.52. The quantitative estimate of drug-likeness (QED) is 0.745. The molecule has 0 heterocycles. The Morgan fingerprint density at radius 2 is 2.00 bits per heavy atom. The molecule has 2 unspecified atom stereocenters. The fraction of sp³-hybridized carbons (Fsp3) is 0.923. The fourth-order valence-corrected chi connectivity index (χ4v) is 2.17. The molecule has 2 atom stereocenters. The van der Waals surface area contributed by atoms with E-state index in [0.717, 1.165) is 32.3 Å². The summed E-state index contributed by atoms with van der Waals surface area (Å²) in [6, 6.07) is 0. The molecule has 0 spiro atoms. The number of rotatable bonds is 6. The SMILES string of the molecule is COC1CCCC(OCCC(C)(C)C(N)=S)C1. The van der Waals surface area contributed by atoms with E-state index in [1.165, 1.54) is 6.42 Å². The highest BCUT2D eigenvalue weighted by molar-refractivity contribution is 7.80. The smallest absolute Gasteiger partial charge is 0.0785 e. The van der Waals surface area contributed by atoms with Gasteiger partial charge in [0.15, 0.2) is 0 Å². The van der Waals surface area contributed by atoms with E-state index in [4.69, 9.17) is 27.4 Å². The number of nitrogens with two attached hydrogens (primary N) is 1. The molecule has 1 saturated carbocycles. The third-order valence-corrected chi connectivity index (χ3v) is 4.21. The van der Waals surface area contributed by atoms with Crippen LogP contribution in [-0.2, 0) is 9.47 Å². The molecule has 0 amide bonds. The van der Waals surface area contributed by atoms with Gasteiger partial charge in [-0.3, -0.25) is 0 Å². The van der Waals surface area contributed by atoms with E-state index >= 15 is 0 Å². The minimum absolute atomic E-state index is 0.106. The van der Waals surface area contributed by atoms with Crippen molar-refractivity contribution in [2.45, 2.75) is 58.2 Å². The van der Waals surface area contributed by atoms with Crippen LogP contribution in [0, 0.1) is 5.41 Å². The predicted molar refractivity (Wildman–Crippen MR) is 74.2 cm³/mol. The van der Waals surface area contributed by atoms with Crippen molar-refractivity contribution < 1.29 is 9.47 Å². The molecule has 2 N–H and O–H groups in total. The maximum absolute atomic E-state index is 5.91. The molecule has 1 aliphatic carbocycles. The van der Waals surface area contributed by atoms with E-state index in [1.54, 1.807) is 7.11 Å². The summed E-state index contributed by atoms with van der Waals surface area (Å²) in [6.07, 6.45) is 6.12. The summed E-state index contributed by atoms with van der Waals surface area (Å²) in [7, 11) is 1.78. The number of hydrogen-bond acceptors (Lipinski definition) is 3. The molecule has 0 aromatic rings. The van der Waals surface area contributed by atoms with Crippen LogP contribution in [0.25, 0.3) is 0 Å². The monoisotopic (exact) mass is 259 g/mol. The second-order valence-corrected chi connectivity index (χ2v) is 5.96. The lowest BCUT2D eigenvalue weighted by Gasteiger charge is -2.30. The third kappa shape index (κ3) is 4.90. The first-order valence-electron chi connectivity index (χ1n) is 6.40. The Morgan fingerprint density at radius 1 is 1.35 bits per heavy atom. The fourth-order valence-electron chi connectivity index (χ4n) is 2.07. The minimum Gasteiger partial charge on any atom is -0.393 e. The van der Waals surface area contributed by atoms with Crippen molar-refractivity contribution in [2.24, 2.45) is 11.1 Å². The van der Waals surface area contributed by atoms with Gasteiger partial charge in [-0.1, -0.05) is 26.1 Å². The number of hydrogen-bond donors (Lipinski definition) is 1. The summed E-state index contributed by atoms with van der Waals surface area (Å²) < 4.78 is 11.3. The summed E-state index contributed by atoms with van der Waals surface area (Å²) in [5.41, 5.74) is 5.58. The van der Waals surface area contributed by atoms with Crippen molar-refractivity contribution in [3.05, 3.63) is 0 Å². The Labute approximate surface area is 110 Å². The number of ether oxygens (including phenoxy) is 2. The van der Waals surface area contributed by atoms with E-state index < -0.39 is 0 Å². The molecule has 0 saturated heterocycles. The van der Waals surface area contributed by atoms with Crippen LogP contribution in [0.15, 0.2) is 0 Å². The second kappa shape index (κ2) is 6.66. The molecule has 0 aromatic heterocycles. The maximum atomic E-state index is 5.91. The summed E-state index contributed by atoms with van der Waals surface area (Å²) in [5, 5.41) is 0. The lowest BCUT2D eigenvalue weighted by molar-refractivity contribution is -0.0333. The van der Waals surface area contributed by atoms with E-state index in [-0.39, 0.29) is 5.41 Å². The van der Waals surface area contributed by atoms with Gasteiger partial charge in [0.2, 0.25) is 0 Å². The topological polar surface area (TPSA) is 44.5 Å². The molecule has 4 heteroatoms. The van der Waals surface area contributed by atoms with Crippen LogP contribution in [0.5, 0.6) is 0 Å². The first-order chi connectivity index (χ1) is 7.95. The highest BCUT2D eigenvalue weighted by Gasteiger charge is 2.24. The Hall–Kier alpha value is -0.190. The highest BCUT2D eigenvalue weighted by atomic mass is 32.1. The van der Waals surface area contributed by atoms with Crippen molar-refractivity contribution in [3.8, 4) is 0 Å². The van der Waals surface area contributed by atoms with Crippen molar-refractivity contribution in [3.63, 3.8) is 0 Å². The lowest BCUT2D eigenvalue weighted by Crippen LogP contribution is -2.33. The predicted octanol–water partition coefficient (Wildman–Crippen LogP) is 2.66. The van der Waals surface area contributed by atoms with Gasteiger partial charge in [0, 0.05) is 19.1 Å². The van der Waals surface area contributed by atoms with Crippen molar-refractivity contribution in [2.75, 3.05) is 13.7 Å². The Morgan fingerprint density at radius 3 is 2.59 bits per heavy atom. The van der Waals surface area contributed by atoms with Gasteiger partial charge in [-0.15, -0.1) is 0 Å². The molecule has 0 aromatic carbocycles. The first-order valence-corrected chi connectivity index (χ1v) is 6.81. The third-order valence-electron chi connectivity index (χ3n) is 3.66. The van der Waals surface area contributed by atoms with Gasteiger partial charge < -0.3 is 15.2 Å². The van der Waals surface area contributed by atoms with Crippen LogP contribution >= 0.6 is 12.2 Å². The molecular weight excluding hydrogens is 234 g/mol. The molecular formula is C13H25NO2S. The largest absolute Gasteiger partial charge is 0.393 e. The van der Waals surface area contributed by atoms with Gasteiger partial charge in [-0.2, -0.15) is 0 Å². The molecule has 0 bridgehead atoms. The number of thiocarbonyl (C=S) groups is 1. The zero-order valence-corrected chi connectivity index (χ0v) is 12.0. The summed E-state index contributed by atoms with van der Waals surface area (Å²) in [4.78, 5) is 0.569. The highest BCUT2D eigenvalue weighted by Crippen LogP contribution is 2.25. The zero-order valence-electron chi connectivity index (χ0n) is 11.2. The Balaban J connectivity index is 2.24. The average Bonchev–Trinajstić information content (AvgIpc) is 2.29. The van der Waals surface area contributed by atoms with Gasteiger partial charge in [0.25, 0.3) is 0 Å². The summed E-state index contributed by atoms with van der Waals surface area (Å²) in [5.74, 6) is 0. The van der Waals surface area contributed by atoms with Crippen LogP contribution in [-0.4, -0.2) is 30.9 Å². The van der Waals surface area contributed by atoms with E-state index in [1.807, 2.05) is 0 Å². The molecule has 17 heavy (non-hydrogen) atoms. The van der Waals surface area contributed by atoms with Crippen molar-refractivity contribution in [1.82, 2.24) is 0 Å². The summed E-state index contributed by atoms with van der Waals surface area (Å²) >= 11 is 5.04. The summed E-state index contributed by atoms with van der Waals surface area (Å²) in [6.45, 7) is 4.86. The van der Waals surface area contributed by atoms with Gasteiger partial charge in [0.1, 0.15) is 0 Å². The van der Waals surface area contributed by atoms with Crippen LogP contribution in [0.1, 0.15) is 46.0 Å². The van der Waals surface area contributed by atoms with E-state index in [0.29, 0.717) is 17.2 Å². The van der Waals surface area contributed by atoms with Crippen molar-refractivity contribution in [1.29, 1.82) is 0 Å². The standard InChI is InChI=1S/C13H25NO2S/c1-13(2,12(14)17)7-8-16-11-6-4-5-10(9-11)15-3/h10-11H,4-9H2,1-3H3,(H2,14,17). The van der Waals surface area contributed by atoms with Crippen molar-refractivity contribution >= 4 is 17.2 Å². The van der Waals surface area contributed by atoms with E-state index in [9.17, 15) is 0 Å². The van der Waals surface area contributed by atoms with Gasteiger partial charge in [0.05, 0.1) is 17.2 Å². The van der Waals surface area contributed by atoms with Crippen LogP contribution in [0.4, 0.5) is 0 Å². The van der Waals surface area contributed by atoms with Crippen LogP contribution in [0.2, 0.25) is 0 Å². The molecule has 1 rings (SSSR count). The number of methoxy groups -OCH3 is 1. The molecule has 0 aliphatic heterocycles. The Bertz CT molecular complexity index is 256. The zero-order chi connectivity index (χ0) is 12.9. The van der Waals surface area contributed by atoms with Crippen LogP contribution in [0.3, 0.4) is 0 Å². The minimum atomic E-state index is -0.106. The molecule has 3 nitrogen and oxygen atoms in total.